The number of ether oxygens (including phenoxy) is 1. The molecule has 1 amide bonds. The number of carbonyl (C=O) groups excluding carboxylic acids is 2. The number of amides is 1. The molecule has 1 aliphatic heterocycles. The summed E-state index contributed by atoms with van der Waals surface area (Å²) >= 11 is 11.9. The Morgan fingerprint density at radius 2 is 2.04 bits per heavy atom. The van der Waals surface area contributed by atoms with Crippen molar-refractivity contribution in [2.75, 3.05) is 6.54 Å². The largest absolute Gasteiger partial charge is 0.459 e. The molecule has 0 atom stereocenters. The Bertz CT molecular complexity index is 944. The van der Waals surface area contributed by atoms with Crippen LogP contribution >= 0.6 is 23.2 Å². The van der Waals surface area contributed by atoms with Crippen LogP contribution < -0.4 is 0 Å². The molecule has 3 rings (SSSR count). The molecule has 0 saturated carbocycles. The molecule has 2 heterocycles. The number of halogens is 3. The molecule has 0 N–H and O–H groups in total. The van der Waals surface area contributed by atoms with Gasteiger partial charge in [0.05, 0.1) is 23.5 Å². The molecule has 1 aromatic carbocycles. The van der Waals surface area contributed by atoms with E-state index in [9.17, 15) is 14.0 Å². The molecule has 0 fully saturated rings. The summed E-state index contributed by atoms with van der Waals surface area (Å²) in [6.07, 6.45) is 1.30. The SMILES string of the molecule is CC(C)(C)OC(=O)CN1Cc2c(F)cc(-c3nc(Cl)ncc3Cl)cc2C1=O. The zero-order valence-electron chi connectivity index (χ0n) is 14.8. The van der Waals surface area contributed by atoms with Gasteiger partial charge in [-0.2, -0.15) is 0 Å². The third-order valence-electron chi connectivity index (χ3n) is 3.79. The number of hydrogen-bond donors (Lipinski definition) is 0. The van der Waals surface area contributed by atoms with Gasteiger partial charge in [-0.3, -0.25) is 9.59 Å². The van der Waals surface area contributed by atoms with Crippen LogP contribution in [0.5, 0.6) is 0 Å². The highest BCUT2D eigenvalue weighted by molar-refractivity contribution is 6.33. The average molecular weight is 412 g/mol. The van der Waals surface area contributed by atoms with E-state index in [4.69, 9.17) is 27.9 Å². The lowest BCUT2D eigenvalue weighted by Gasteiger charge is -2.22. The molecule has 27 heavy (non-hydrogen) atoms. The topological polar surface area (TPSA) is 72.4 Å². The smallest absolute Gasteiger partial charge is 0.326 e. The number of nitrogens with zero attached hydrogens (tertiary/aromatic N) is 3. The quantitative estimate of drug-likeness (QED) is 0.565. The molecule has 0 bridgehead atoms. The monoisotopic (exact) mass is 411 g/mol. The van der Waals surface area contributed by atoms with Crippen molar-refractivity contribution in [3.63, 3.8) is 0 Å². The van der Waals surface area contributed by atoms with Gasteiger partial charge in [0.25, 0.3) is 5.91 Å². The molecular weight excluding hydrogens is 396 g/mol. The Hall–Kier alpha value is -2.25. The zero-order chi connectivity index (χ0) is 19.9. The van der Waals surface area contributed by atoms with E-state index in [1.165, 1.54) is 23.2 Å². The molecule has 1 aliphatic rings. The van der Waals surface area contributed by atoms with Crippen LogP contribution in [0, 0.1) is 5.82 Å². The van der Waals surface area contributed by atoms with Gasteiger partial charge >= 0.3 is 5.97 Å². The third kappa shape index (κ3) is 4.20. The Labute approximate surface area is 165 Å². The maximum absolute atomic E-state index is 14.6. The van der Waals surface area contributed by atoms with Crippen LogP contribution in [0.15, 0.2) is 18.3 Å². The minimum atomic E-state index is -0.672. The summed E-state index contributed by atoms with van der Waals surface area (Å²) in [6, 6.07) is 2.72. The highest BCUT2D eigenvalue weighted by Crippen LogP contribution is 2.33. The van der Waals surface area contributed by atoms with Gasteiger partial charge in [0.2, 0.25) is 5.28 Å². The van der Waals surface area contributed by atoms with Gasteiger partial charge in [-0.15, -0.1) is 0 Å². The van der Waals surface area contributed by atoms with E-state index in [-0.39, 0.29) is 40.2 Å². The lowest BCUT2D eigenvalue weighted by Crippen LogP contribution is -2.35. The van der Waals surface area contributed by atoms with Crippen molar-refractivity contribution in [1.29, 1.82) is 0 Å². The highest BCUT2D eigenvalue weighted by atomic mass is 35.5. The average Bonchev–Trinajstić information content (AvgIpc) is 2.85. The summed E-state index contributed by atoms with van der Waals surface area (Å²) in [4.78, 5) is 33.6. The van der Waals surface area contributed by atoms with E-state index in [0.29, 0.717) is 5.56 Å². The van der Waals surface area contributed by atoms with Crippen LogP contribution in [0.3, 0.4) is 0 Å². The first kappa shape index (κ1) is 19.5. The fourth-order valence-corrected chi connectivity index (χ4v) is 3.10. The molecular formula is C18H16Cl2FN3O3. The number of benzene rings is 1. The molecule has 142 valence electrons. The molecule has 0 aliphatic carbocycles. The summed E-state index contributed by atoms with van der Waals surface area (Å²) in [5, 5.41) is 0.128. The Morgan fingerprint density at radius 1 is 1.33 bits per heavy atom. The predicted octanol–water partition coefficient (Wildman–Crippen LogP) is 3.89. The second-order valence-corrected chi connectivity index (χ2v) is 7.81. The second kappa shape index (κ2) is 7.05. The highest BCUT2D eigenvalue weighted by Gasteiger charge is 2.33. The number of esters is 1. The van der Waals surface area contributed by atoms with Crippen LogP contribution in [0.2, 0.25) is 10.3 Å². The van der Waals surface area contributed by atoms with Crippen LogP contribution in [0.25, 0.3) is 11.3 Å². The lowest BCUT2D eigenvalue weighted by molar-refractivity contribution is -0.155. The zero-order valence-corrected chi connectivity index (χ0v) is 16.4. The molecule has 6 nitrogen and oxygen atoms in total. The fraction of sp³-hybridized carbons (Fsp3) is 0.333. The first-order chi connectivity index (χ1) is 12.5. The van der Waals surface area contributed by atoms with Crippen molar-refractivity contribution < 1.29 is 18.7 Å². The minimum absolute atomic E-state index is 0.0161. The van der Waals surface area contributed by atoms with E-state index in [0.717, 1.165) is 0 Å². The fourth-order valence-electron chi connectivity index (χ4n) is 2.76. The van der Waals surface area contributed by atoms with Gasteiger partial charge in [-0.1, -0.05) is 11.6 Å². The standard InChI is InChI=1S/C18H16Cl2FN3O3/c1-18(2,3)27-14(25)8-24-7-11-10(16(24)26)4-9(5-13(11)21)15-12(19)6-22-17(20)23-15/h4-6H,7-8H2,1-3H3. The maximum Gasteiger partial charge on any atom is 0.326 e. The number of rotatable bonds is 3. The number of aromatic nitrogens is 2. The van der Waals surface area contributed by atoms with Crippen molar-refractivity contribution in [2.45, 2.75) is 32.9 Å². The molecule has 2 aromatic rings. The van der Waals surface area contributed by atoms with E-state index < -0.39 is 23.3 Å². The molecule has 0 spiro atoms. The second-order valence-electron chi connectivity index (χ2n) is 7.07. The van der Waals surface area contributed by atoms with Gasteiger partial charge in [0.15, 0.2) is 0 Å². The van der Waals surface area contributed by atoms with Crippen molar-refractivity contribution in [2.24, 2.45) is 0 Å². The lowest BCUT2D eigenvalue weighted by atomic mass is 10.0. The van der Waals surface area contributed by atoms with Crippen molar-refractivity contribution in [3.8, 4) is 11.3 Å². The predicted molar refractivity (Wildman–Crippen MR) is 98.0 cm³/mol. The van der Waals surface area contributed by atoms with E-state index in [1.54, 1.807) is 20.8 Å². The Kier molecular flexibility index (Phi) is 5.10. The van der Waals surface area contributed by atoms with Gasteiger partial charge in [-0.05, 0) is 44.5 Å². The number of fused-ring (bicyclic) bond motifs is 1. The third-order valence-corrected chi connectivity index (χ3v) is 4.25. The first-order valence-electron chi connectivity index (χ1n) is 8.07. The minimum Gasteiger partial charge on any atom is -0.459 e. The van der Waals surface area contributed by atoms with E-state index in [2.05, 4.69) is 9.97 Å². The summed E-state index contributed by atoms with van der Waals surface area (Å²) in [7, 11) is 0. The normalized spacial score (nSPS) is 13.7. The summed E-state index contributed by atoms with van der Waals surface area (Å²) in [5.74, 6) is -1.61. The molecule has 0 saturated heterocycles. The van der Waals surface area contributed by atoms with Crippen molar-refractivity contribution in [3.05, 3.63) is 45.6 Å². The number of hydrogen-bond acceptors (Lipinski definition) is 5. The van der Waals surface area contributed by atoms with E-state index >= 15 is 0 Å². The van der Waals surface area contributed by atoms with Crippen LogP contribution in [-0.2, 0) is 16.1 Å². The number of carbonyl (C=O) groups is 2. The van der Waals surface area contributed by atoms with Crippen LogP contribution in [0.4, 0.5) is 4.39 Å². The summed E-state index contributed by atoms with van der Waals surface area (Å²) in [5.41, 5.74) is 0.210. The van der Waals surface area contributed by atoms with Gasteiger partial charge in [0.1, 0.15) is 18.0 Å². The Balaban J connectivity index is 1.90. The van der Waals surface area contributed by atoms with Gasteiger partial charge in [0, 0.05) is 16.7 Å². The van der Waals surface area contributed by atoms with Crippen LogP contribution in [-0.4, -0.2) is 38.9 Å². The molecule has 0 radical (unpaired) electrons. The van der Waals surface area contributed by atoms with Crippen molar-refractivity contribution in [1.82, 2.24) is 14.9 Å². The molecule has 9 heteroatoms. The molecule has 1 aromatic heterocycles. The van der Waals surface area contributed by atoms with Crippen LogP contribution in [0.1, 0.15) is 36.7 Å². The van der Waals surface area contributed by atoms with Gasteiger partial charge in [-0.25, -0.2) is 14.4 Å². The summed E-state index contributed by atoms with van der Waals surface area (Å²) in [6.45, 7) is 4.91. The first-order valence-corrected chi connectivity index (χ1v) is 8.82. The Morgan fingerprint density at radius 3 is 2.70 bits per heavy atom. The maximum atomic E-state index is 14.6. The molecule has 0 unspecified atom stereocenters. The van der Waals surface area contributed by atoms with Gasteiger partial charge < -0.3 is 9.64 Å². The van der Waals surface area contributed by atoms with Crippen molar-refractivity contribution >= 4 is 35.1 Å². The summed E-state index contributed by atoms with van der Waals surface area (Å²) < 4.78 is 19.8. The van der Waals surface area contributed by atoms with E-state index in [1.807, 2.05) is 0 Å².